The highest BCUT2D eigenvalue weighted by Crippen LogP contribution is 2.41. The van der Waals surface area contributed by atoms with Crippen LogP contribution in [0.3, 0.4) is 0 Å². The molecule has 0 spiro atoms. The molecule has 0 saturated heterocycles. The summed E-state index contributed by atoms with van der Waals surface area (Å²) in [4.78, 5) is 0.933. The third kappa shape index (κ3) is 2.71. The average Bonchev–Trinajstić information content (AvgIpc) is 3.04. The van der Waals surface area contributed by atoms with Crippen LogP contribution in [-0.2, 0) is 0 Å². The molecule has 1 aromatic carbocycles. The lowest BCUT2D eigenvalue weighted by atomic mass is 9.85. The predicted molar refractivity (Wildman–Crippen MR) is 92.2 cm³/mol. The largest absolute Gasteiger partial charge is 0.361 e. The van der Waals surface area contributed by atoms with E-state index < -0.39 is 0 Å². The number of hydrogen-bond donors (Lipinski definition) is 1. The number of hydrogen-bond acceptors (Lipinski definition) is 4. The van der Waals surface area contributed by atoms with Crippen molar-refractivity contribution in [2.75, 3.05) is 0 Å². The van der Waals surface area contributed by atoms with Crippen LogP contribution in [0.15, 0.2) is 58.3 Å². The number of halogens is 1. The molecule has 0 bridgehead atoms. The Balaban J connectivity index is 2.07. The highest BCUT2D eigenvalue weighted by atomic mass is 32.1. The van der Waals surface area contributed by atoms with Gasteiger partial charge in [-0.2, -0.15) is 10.5 Å². The van der Waals surface area contributed by atoms with E-state index in [2.05, 4.69) is 17.5 Å². The molecule has 1 aliphatic heterocycles. The standard InChI is InChI=1S/C19H14FN3S/c1-11-16(8-21)19(17(9-22)12(2)23-11)18-7-14(10-24-18)13-3-5-15(20)6-4-13/h3-7,10,19,23H,1-2H3. The summed E-state index contributed by atoms with van der Waals surface area (Å²) < 4.78 is 13.1. The molecule has 1 aromatic heterocycles. The molecule has 0 atom stereocenters. The quantitative estimate of drug-likeness (QED) is 0.854. The van der Waals surface area contributed by atoms with Crippen LogP contribution in [-0.4, -0.2) is 0 Å². The van der Waals surface area contributed by atoms with Crippen LogP contribution in [0.4, 0.5) is 4.39 Å². The highest BCUT2D eigenvalue weighted by Gasteiger charge is 2.30. The van der Waals surface area contributed by atoms with E-state index in [1.165, 1.54) is 23.5 Å². The summed E-state index contributed by atoms with van der Waals surface area (Å²) in [6.07, 6.45) is 0. The fraction of sp³-hybridized carbons (Fsp3) is 0.158. The molecule has 0 unspecified atom stereocenters. The molecule has 2 heterocycles. The molecule has 1 aliphatic rings. The van der Waals surface area contributed by atoms with Crippen molar-refractivity contribution < 1.29 is 4.39 Å². The van der Waals surface area contributed by atoms with Crippen molar-refractivity contribution in [2.45, 2.75) is 19.8 Å². The summed E-state index contributed by atoms with van der Waals surface area (Å²) >= 11 is 1.51. The molecule has 0 aliphatic carbocycles. The van der Waals surface area contributed by atoms with Gasteiger partial charge >= 0.3 is 0 Å². The molecule has 0 fully saturated rings. The van der Waals surface area contributed by atoms with Crippen molar-refractivity contribution in [1.82, 2.24) is 5.32 Å². The maximum atomic E-state index is 13.1. The van der Waals surface area contributed by atoms with Crippen LogP contribution in [0, 0.1) is 28.5 Å². The lowest BCUT2D eigenvalue weighted by Crippen LogP contribution is -2.22. The molecule has 3 rings (SSSR count). The molecular weight excluding hydrogens is 321 g/mol. The van der Waals surface area contributed by atoms with Gasteiger partial charge in [-0.3, -0.25) is 0 Å². The lowest BCUT2D eigenvalue weighted by Gasteiger charge is -2.25. The zero-order valence-electron chi connectivity index (χ0n) is 13.2. The molecule has 0 saturated carbocycles. The van der Waals surface area contributed by atoms with Crippen LogP contribution in [0.2, 0.25) is 0 Å². The smallest absolute Gasteiger partial charge is 0.123 e. The van der Waals surface area contributed by atoms with Crippen LogP contribution in [0.1, 0.15) is 24.6 Å². The zero-order chi connectivity index (χ0) is 17.3. The fourth-order valence-corrected chi connectivity index (χ4v) is 3.91. The van der Waals surface area contributed by atoms with Gasteiger partial charge in [0.15, 0.2) is 0 Å². The maximum absolute atomic E-state index is 13.1. The van der Waals surface area contributed by atoms with Crippen molar-refractivity contribution in [2.24, 2.45) is 0 Å². The number of nitrogens with zero attached hydrogens (tertiary/aromatic N) is 2. The first-order valence-electron chi connectivity index (χ1n) is 7.38. The number of nitrogens with one attached hydrogen (secondary N) is 1. The van der Waals surface area contributed by atoms with Gasteiger partial charge in [0, 0.05) is 16.3 Å². The minimum atomic E-state index is -0.347. The summed E-state index contributed by atoms with van der Waals surface area (Å²) in [5.74, 6) is -0.622. The summed E-state index contributed by atoms with van der Waals surface area (Å²) in [7, 11) is 0. The SMILES string of the molecule is CC1=C(C#N)C(c2cc(-c3ccc(F)cc3)cs2)C(C#N)=C(C)N1. The Morgan fingerprint density at radius 2 is 1.58 bits per heavy atom. The Morgan fingerprint density at radius 3 is 2.12 bits per heavy atom. The molecule has 3 nitrogen and oxygen atoms in total. The number of allylic oxidation sites excluding steroid dienone is 4. The summed E-state index contributed by atoms with van der Waals surface area (Å²) in [5.41, 5.74) is 4.53. The highest BCUT2D eigenvalue weighted by molar-refractivity contribution is 7.10. The number of nitriles is 2. The molecular formula is C19H14FN3S. The van der Waals surface area contributed by atoms with E-state index in [4.69, 9.17) is 0 Å². The van der Waals surface area contributed by atoms with Gasteiger partial charge in [0.2, 0.25) is 0 Å². The zero-order valence-corrected chi connectivity index (χ0v) is 14.0. The molecule has 118 valence electrons. The normalized spacial score (nSPS) is 15.0. The Bertz CT molecular complexity index is 900. The minimum absolute atomic E-state index is 0.275. The van der Waals surface area contributed by atoms with Gasteiger partial charge in [0.1, 0.15) is 5.82 Å². The fourth-order valence-electron chi connectivity index (χ4n) is 2.87. The number of rotatable bonds is 2. The van der Waals surface area contributed by atoms with Crippen LogP contribution in [0.5, 0.6) is 0 Å². The van der Waals surface area contributed by atoms with Gasteiger partial charge < -0.3 is 5.32 Å². The van der Waals surface area contributed by atoms with E-state index in [0.29, 0.717) is 11.1 Å². The van der Waals surface area contributed by atoms with Crippen LogP contribution in [0.25, 0.3) is 11.1 Å². The molecule has 5 heteroatoms. The minimum Gasteiger partial charge on any atom is -0.361 e. The van der Waals surface area contributed by atoms with Crippen molar-refractivity contribution in [3.63, 3.8) is 0 Å². The summed E-state index contributed by atoms with van der Waals surface area (Å²) in [6.45, 7) is 3.69. The molecule has 2 aromatic rings. The van der Waals surface area contributed by atoms with Crippen molar-refractivity contribution >= 4 is 11.3 Å². The maximum Gasteiger partial charge on any atom is 0.123 e. The topological polar surface area (TPSA) is 59.6 Å². The van der Waals surface area contributed by atoms with E-state index >= 15 is 0 Å². The Kier molecular flexibility index (Phi) is 4.20. The Morgan fingerprint density at radius 1 is 1.00 bits per heavy atom. The third-order valence-electron chi connectivity index (χ3n) is 4.08. The van der Waals surface area contributed by atoms with Gasteiger partial charge in [0.05, 0.1) is 29.2 Å². The van der Waals surface area contributed by atoms with Gasteiger partial charge in [0.25, 0.3) is 0 Å². The molecule has 0 amide bonds. The van der Waals surface area contributed by atoms with Crippen molar-refractivity contribution in [3.05, 3.63) is 68.9 Å². The van der Waals surface area contributed by atoms with Crippen LogP contribution < -0.4 is 5.32 Å². The first-order chi connectivity index (χ1) is 11.5. The van der Waals surface area contributed by atoms with E-state index in [1.54, 1.807) is 12.1 Å². The molecule has 0 radical (unpaired) electrons. The van der Waals surface area contributed by atoms with Gasteiger partial charge in [-0.05, 0) is 48.6 Å². The van der Waals surface area contributed by atoms with E-state index in [9.17, 15) is 14.9 Å². The molecule has 24 heavy (non-hydrogen) atoms. The van der Waals surface area contributed by atoms with Gasteiger partial charge in [-0.1, -0.05) is 12.1 Å². The monoisotopic (exact) mass is 335 g/mol. The second-order valence-corrected chi connectivity index (χ2v) is 6.55. The van der Waals surface area contributed by atoms with Gasteiger partial charge in [-0.15, -0.1) is 11.3 Å². The second kappa shape index (κ2) is 6.31. The third-order valence-corrected chi connectivity index (χ3v) is 5.08. The lowest BCUT2D eigenvalue weighted by molar-refractivity contribution is 0.628. The number of dihydropyridines is 1. The summed E-state index contributed by atoms with van der Waals surface area (Å²) in [5, 5.41) is 24.1. The average molecular weight is 335 g/mol. The number of thiophene rings is 1. The first kappa shape index (κ1) is 16.0. The Hall–Kier alpha value is -2.89. The van der Waals surface area contributed by atoms with Crippen LogP contribution >= 0.6 is 11.3 Å². The van der Waals surface area contributed by atoms with E-state index in [0.717, 1.165) is 27.4 Å². The van der Waals surface area contributed by atoms with E-state index in [-0.39, 0.29) is 11.7 Å². The summed E-state index contributed by atoms with van der Waals surface area (Å²) in [6, 6.07) is 12.7. The predicted octanol–water partition coefficient (Wildman–Crippen LogP) is 4.84. The second-order valence-electron chi connectivity index (χ2n) is 5.60. The van der Waals surface area contributed by atoms with Crippen molar-refractivity contribution in [1.29, 1.82) is 10.5 Å². The van der Waals surface area contributed by atoms with E-state index in [1.807, 2.05) is 25.3 Å². The van der Waals surface area contributed by atoms with Crippen molar-refractivity contribution in [3.8, 4) is 23.3 Å². The first-order valence-corrected chi connectivity index (χ1v) is 8.26. The molecule has 1 N–H and O–H groups in total. The van der Waals surface area contributed by atoms with Gasteiger partial charge in [-0.25, -0.2) is 4.39 Å². The number of benzene rings is 1. The Labute approximate surface area is 144 Å².